The first-order valence-corrected chi connectivity index (χ1v) is 11.7. The van der Waals surface area contributed by atoms with Crippen LogP contribution in [0.25, 0.3) is 21.9 Å². The summed E-state index contributed by atoms with van der Waals surface area (Å²) in [5.41, 5.74) is 2.93. The lowest BCUT2D eigenvalue weighted by molar-refractivity contribution is -0.142. The first-order valence-electron chi connectivity index (χ1n) is 11.7. The van der Waals surface area contributed by atoms with Gasteiger partial charge in [-0.05, 0) is 59.5 Å². The van der Waals surface area contributed by atoms with Crippen LogP contribution in [0.3, 0.4) is 0 Å². The van der Waals surface area contributed by atoms with Gasteiger partial charge in [-0.2, -0.15) is 0 Å². The van der Waals surface area contributed by atoms with E-state index in [0.717, 1.165) is 27.5 Å². The molecule has 2 amide bonds. The van der Waals surface area contributed by atoms with Crippen LogP contribution in [0.15, 0.2) is 48.5 Å². The number of hydrogen-bond donors (Lipinski definition) is 1. The number of fused-ring (bicyclic) bond motifs is 1. The van der Waals surface area contributed by atoms with Crippen molar-refractivity contribution in [2.45, 2.75) is 26.3 Å². The van der Waals surface area contributed by atoms with Gasteiger partial charge >= 0.3 is 0 Å². The molecule has 0 aliphatic carbocycles. The zero-order valence-electron chi connectivity index (χ0n) is 20.9. The Morgan fingerprint density at radius 1 is 0.886 bits per heavy atom. The summed E-state index contributed by atoms with van der Waals surface area (Å²) >= 11 is 0. The summed E-state index contributed by atoms with van der Waals surface area (Å²) < 4.78 is 16.4. The van der Waals surface area contributed by atoms with E-state index in [1.807, 2.05) is 44.2 Å². The Labute approximate surface area is 206 Å². The number of nitrogens with zero attached hydrogens (tertiary/aromatic N) is 1. The summed E-state index contributed by atoms with van der Waals surface area (Å²) in [6.45, 7) is 4.85. The molecule has 1 N–H and O–H groups in total. The van der Waals surface area contributed by atoms with E-state index in [-0.39, 0.29) is 23.8 Å². The smallest absolute Gasteiger partial charge is 0.227 e. The van der Waals surface area contributed by atoms with Gasteiger partial charge in [0.2, 0.25) is 17.6 Å². The Morgan fingerprint density at radius 2 is 1.51 bits per heavy atom. The van der Waals surface area contributed by atoms with Crippen molar-refractivity contribution in [3.63, 3.8) is 0 Å². The number of likely N-dealkylation sites (tertiary alicyclic amines) is 1. The molecule has 0 spiro atoms. The standard InChI is InChI=1S/C28H32N2O5/c1-17(2)29-28(32)23-15-30(16-23)26(31)11-18-6-7-20-12-21(9-8-19(20)10-18)22-13-24(33-3)27(35-5)25(14-22)34-4/h6-10,12-14,17,23H,11,15-16H2,1-5H3,(H,29,32). The quantitative estimate of drug-likeness (QED) is 0.531. The second kappa shape index (κ2) is 10.3. The highest BCUT2D eigenvalue weighted by molar-refractivity contribution is 5.90. The van der Waals surface area contributed by atoms with Gasteiger partial charge in [0.1, 0.15) is 0 Å². The van der Waals surface area contributed by atoms with E-state index >= 15 is 0 Å². The van der Waals surface area contributed by atoms with E-state index < -0.39 is 0 Å². The normalized spacial score (nSPS) is 13.5. The lowest BCUT2D eigenvalue weighted by atomic mass is 9.96. The molecule has 35 heavy (non-hydrogen) atoms. The van der Waals surface area contributed by atoms with Gasteiger partial charge < -0.3 is 24.4 Å². The van der Waals surface area contributed by atoms with Gasteiger partial charge in [0.25, 0.3) is 0 Å². The van der Waals surface area contributed by atoms with Crippen molar-refractivity contribution in [1.29, 1.82) is 0 Å². The second-order valence-corrected chi connectivity index (χ2v) is 9.15. The molecule has 184 valence electrons. The van der Waals surface area contributed by atoms with Crippen molar-refractivity contribution in [2.75, 3.05) is 34.4 Å². The number of carbonyl (C=O) groups excluding carboxylic acids is 2. The summed E-state index contributed by atoms with van der Waals surface area (Å²) in [5, 5.41) is 5.04. The van der Waals surface area contributed by atoms with Gasteiger partial charge in [-0.25, -0.2) is 0 Å². The molecule has 0 unspecified atom stereocenters. The molecule has 7 heteroatoms. The molecule has 0 atom stereocenters. The number of ether oxygens (including phenoxy) is 3. The minimum absolute atomic E-state index is 0.0256. The summed E-state index contributed by atoms with van der Waals surface area (Å²) in [4.78, 5) is 26.5. The largest absolute Gasteiger partial charge is 0.493 e. The third-order valence-corrected chi connectivity index (χ3v) is 6.29. The molecule has 0 saturated carbocycles. The van der Waals surface area contributed by atoms with E-state index in [9.17, 15) is 9.59 Å². The van der Waals surface area contributed by atoms with Gasteiger partial charge in [0.05, 0.1) is 33.7 Å². The maximum atomic E-state index is 12.7. The highest BCUT2D eigenvalue weighted by Gasteiger charge is 2.35. The summed E-state index contributed by atoms with van der Waals surface area (Å²) in [5.74, 6) is 1.73. The minimum atomic E-state index is -0.105. The molecule has 0 aromatic heterocycles. The van der Waals surface area contributed by atoms with Gasteiger partial charge in [0, 0.05) is 19.1 Å². The zero-order valence-corrected chi connectivity index (χ0v) is 20.9. The zero-order chi connectivity index (χ0) is 25.1. The average molecular weight is 477 g/mol. The molecule has 4 rings (SSSR count). The fraction of sp³-hybridized carbons (Fsp3) is 0.357. The first-order chi connectivity index (χ1) is 16.8. The van der Waals surface area contributed by atoms with Crippen LogP contribution in [-0.2, 0) is 16.0 Å². The number of rotatable bonds is 8. The van der Waals surface area contributed by atoms with E-state index in [4.69, 9.17) is 14.2 Å². The SMILES string of the molecule is COc1cc(-c2ccc3cc(CC(=O)N4CC(C(=O)NC(C)C)C4)ccc3c2)cc(OC)c1OC. The molecule has 1 aliphatic rings. The van der Waals surface area contributed by atoms with E-state index in [1.54, 1.807) is 26.2 Å². The summed E-state index contributed by atoms with van der Waals surface area (Å²) in [6, 6.07) is 16.2. The number of nitrogens with one attached hydrogen (secondary N) is 1. The average Bonchev–Trinajstić information content (AvgIpc) is 2.81. The highest BCUT2D eigenvalue weighted by atomic mass is 16.5. The Bertz CT molecular complexity index is 1220. The first kappa shape index (κ1) is 24.4. The van der Waals surface area contributed by atoms with Gasteiger partial charge in [-0.15, -0.1) is 0 Å². The molecule has 0 bridgehead atoms. The molecule has 1 saturated heterocycles. The number of methoxy groups -OCH3 is 3. The molecule has 1 heterocycles. The van der Waals surface area contributed by atoms with Crippen LogP contribution in [0.4, 0.5) is 0 Å². The van der Waals surface area contributed by atoms with Crippen LogP contribution in [0.2, 0.25) is 0 Å². The van der Waals surface area contributed by atoms with Crippen molar-refractivity contribution in [3.05, 3.63) is 54.1 Å². The lowest BCUT2D eigenvalue weighted by Crippen LogP contribution is -2.56. The number of amides is 2. The molecule has 0 radical (unpaired) electrons. The Morgan fingerprint density at radius 3 is 2.11 bits per heavy atom. The van der Waals surface area contributed by atoms with E-state index in [2.05, 4.69) is 23.5 Å². The van der Waals surface area contributed by atoms with Crippen molar-refractivity contribution in [1.82, 2.24) is 10.2 Å². The maximum absolute atomic E-state index is 12.7. The minimum Gasteiger partial charge on any atom is -0.493 e. The lowest BCUT2D eigenvalue weighted by Gasteiger charge is -2.38. The number of hydrogen-bond acceptors (Lipinski definition) is 5. The monoisotopic (exact) mass is 476 g/mol. The predicted molar refractivity (Wildman–Crippen MR) is 136 cm³/mol. The molecule has 3 aromatic rings. The second-order valence-electron chi connectivity index (χ2n) is 9.15. The molecule has 1 aliphatic heterocycles. The van der Waals surface area contributed by atoms with E-state index in [1.165, 1.54) is 0 Å². The molecular formula is C28H32N2O5. The van der Waals surface area contributed by atoms with Gasteiger partial charge in [-0.1, -0.05) is 30.3 Å². The van der Waals surface area contributed by atoms with Crippen LogP contribution in [0.1, 0.15) is 19.4 Å². The Balaban J connectivity index is 1.47. The van der Waals surface area contributed by atoms with Crippen LogP contribution in [0.5, 0.6) is 17.2 Å². The van der Waals surface area contributed by atoms with Gasteiger partial charge in [-0.3, -0.25) is 9.59 Å². The summed E-state index contributed by atoms with van der Waals surface area (Å²) in [7, 11) is 4.79. The van der Waals surface area contributed by atoms with Crippen LogP contribution >= 0.6 is 0 Å². The highest BCUT2D eigenvalue weighted by Crippen LogP contribution is 2.41. The summed E-state index contributed by atoms with van der Waals surface area (Å²) in [6.07, 6.45) is 0.323. The van der Waals surface area contributed by atoms with Crippen molar-refractivity contribution in [3.8, 4) is 28.4 Å². The molecular weight excluding hydrogens is 444 g/mol. The number of carbonyl (C=O) groups is 2. The third-order valence-electron chi connectivity index (χ3n) is 6.29. The fourth-order valence-electron chi connectivity index (χ4n) is 4.37. The fourth-order valence-corrected chi connectivity index (χ4v) is 4.37. The molecule has 3 aromatic carbocycles. The topological polar surface area (TPSA) is 77.1 Å². The van der Waals surface area contributed by atoms with Crippen molar-refractivity contribution < 1.29 is 23.8 Å². The third kappa shape index (κ3) is 5.19. The predicted octanol–water partition coefficient (Wildman–Crippen LogP) is 4.06. The Kier molecular flexibility index (Phi) is 7.15. The van der Waals surface area contributed by atoms with Crippen molar-refractivity contribution >= 4 is 22.6 Å². The Hall–Kier alpha value is -3.74. The maximum Gasteiger partial charge on any atom is 0.227 e. The molecule has 1 fully saturated rings. The van der Waals surface area contributed by atoms with Crippen LogP contribution in [0, 0.1) is 5.92 Å². The van der Waals surface area contributed by atoms with Crippen LogP contribution < -0.4 is 19.5 Å². The van der Waals surface area contributed by atoms with Crippen LogP contribution in [-0.4, -0.2) is 57.2 Å². The number of benzene rings is 3. The van der Waals surface area contributed by atoms with E-state index in [0.29, 0.717) is 36.8 Å². The molecule has 7 nitrogen and oxygen atoms in total. The van der Waals surface area contributed by atoms with Crippen molar-refractivity contribution in [2.24, 2.45) is 5.92 Å². The van der Waals surface area contributed by atoms with Gasteiger partial charge in [0.15, 0.2) is 11.5 Å².